The zero-order chi connectivity index (χ0) is 13.4. The van der Waals surface area contributed by atoms with Crippen LogP contribution in [0, 0.1) is 5.92 Å². The zero-order valence-corrected chi connectivity index (χ0v) is 12.0. The molecule has 1 N–H and O–H groups in total. The van der Waals surface area contributed by atoms with E-state index in [1.807, 2.05) is 6.07 Å². The lowest BCUT2D eigenvalue weighted by atomic mass is 10.0. The second-order valence-corrected chi connectivity index (χ2v) is 5.64. The maximum Gasteiger partial charge on any atom is 0.0552 e. The lowest BCUT2D eigenvalue weighted by molar-refractivity contribution is 0.131. The second-order valence-electron chi connectivity index (χ2n) is 5.64. The van der Waals surface area contributed by atoms with E-state index in [1.54, 1.807) is 0 Å². The summed E-state index contributed by atoms with van der Waals surface area (Å²) in [5, 5.41) is 9.89. The van der Waals surface area contributed by atoms with Crippen LogP contribution in [0.3, 0.4) is 0 Å². The largest absolute Gasteiger partial charge is 0.393 e. The highest BCUT2D eigenvalue weighted by Crippen LogP contribution is 2.10. The van der Waals surface area contributed by atoms with E-state index in [1.165, 1.54) is 5.56 Å². The van der Waals surface area contributed by atoms with Crippen LogP contribution in [0.4, 0.5) is 0 Å². The van der Waals surface area contributed by atoms with Crippen LogP contribution in [0.15, 0.2) is 30.3 Å². The lowest BCUT2D eigenvalue weighted by Crippen LogP contribution is -2.23. The number of benzene rings is 1. The van der Waals surface area contributed by atoms with Crippen molar-refractivity contribution in [2.24, 2.45) is 5.92 Å². The fraction of sp³-hybridized carbons (Fsp3) is 0.625. The molecular formula is C16H27NO. The maximum absolute atomic E-state index is 9.89. The van der Waals surface area contributed by atoms with Crippen molar-refractivity contribution in [3.05, 3.63) is 35.9 Å². The van der Waals surface area contributed by atoms with E-state index >= 15 is 0 Å². The fourth-order valence-corrected chi connectivity index (χ4v) is 2.01. The van der Waals surface area contributed by atoms with Gasteiger partial charge in [0, 0.05) is 13.1 Å². The van der Waals surface area contributed by atoms with Gasteiger partial charge in [-0.05, 0) is 37.8 Å². The van der Waals surface area contributed by atoms with Crippen LogP contribution >= 0.6 is 0 Å². The standard InChI is InChI=1S/C16H27NO/c1-14(2)9-10-16(18)11-12-17(3)13-15-7-5-4-6-8-15/h4-8,14,16,18H,9-13H2,1-3H3/t16-/m1/s1. The molecule has 0 aliphatic rings. The van der Waals surface area contributed by atoms with Gasteiger partial charge >= 0.3 is 0 Å². The van der Waals surface area contributed by atoms with E-state index in [0.717, 1.165) is 32.4 Å². The molecule has 0 bridgehead atoms. The van der Waals surface area contributed by atoms with E-state index < -0.39 is 0 Å². The van der Waals surface area contributed by atoms with Crippen molar-refractivity contribution in [1.82, 2.24) is 4.90 Å². The Balaban J connectivity index is 2.18. The number of aliphatic hydroxyl groups excluding tert-OH is 1. The predicted octanol–water partition coefficient (Wildman–Crippen LogP) is 3.31. The van der Waals surface area contributed by atoms with Crippen molar-refractivity contribution in [2.45, 2.75) is 45.8 Å². The molecule has 0 amide bonds. The van der Waals surface area contributed by atoms with Crippen LogP contribution in [0.25, 0.3) is 0 Å². The Hall–Kier alpha value is -0.860. The lowest BCUT2D eigenvalue weighted by Gasteiger charge is -2.19. The van der Waals surface area contributed by atoms with Crippen LogP contribution < -0.4 is 0 Å². The average molecular weight is 249 g/mol. The van der Waals surface area contributed by atoms with Crippen molar-refractivity contribution >= 4 is 0 Å². The number of nitrogens with zero attached hydrogens (tertiary/aromatic N) is 1. The first-order valence-electron chi connectivity index (χ1n) is 6.98. The summed E-state index contributed by atoms with van der Waals surface area (Å²) in [7, 11) is 2.11. The topological polar surface area (TPSA) is 23.5 Å². The third kappa shape index (κ3) is 6.77. The van der Waals surface area contributed by atoms with Crippen LogP contribution in [0.5, 0.6) is 0 Å². The average Bonchev–Trinajstić information content (AvgIpc) is 2.35. The molecule has 0 radical (unpaired) electrons. The Morgan fingerprint density at radius 1 is 1.06 bits per heavy atom. The van der Waals surface area contributed by atoms with Crippen molar-refractivity contribution < 1.29 is 5.11 Å². The Morgan fingerprint density at radius 3 is 2.33 bits per heavy atom. The van der Waals surface area contributed by atoms with E-state index in [0.29, 0.717) is 5.92 Å². The first kappa shape index (κ1) is 15.2. The van der Waals surface area contributed by atoms with Gasteiger partial charge in [0.1, 0.15) is 0 Å². The van der Waals surface area contributed by atoms with Gasteiger partial charge in [0.15, 0.2) is 0 Å². The third-order valence-electron chi connectivity index (χ3n) is 3.22. The van der Waals surface area contributed by atoms with Gasteiger partial charge in [-0.25, -0.2) is 0 Å². The van der Waals surface area contributed by atoms with Crippen molar-refractivity contribution in [2.75, 3.05) is 13.6 Å². The summed E-state index contributed by atoms with van der Waals surface area (Å²) < 4.78 is 0. The monoisotopic (exact) mass is 249 g/mol. The minimum absolute atomic E-state index is 0.148. The summed E-state index contributed by atoms with van der Waals surface area (Å²) in [5.41, 5.74) is 1.33. The fourth-order valence-electron chi connectivity index (χ4n) is 2.01. The van der Waals surface area contributed by atoms with Gasteiger partial charge in [-0.3, -0.25) is 0 Å². The highest BCUT2D eigenvalue weighted by molar-refractivity contribution is 5.14. The van der Waals surface area contributed by atoms with Gasteiger partial charge in [-0.1, -0.05) is 44.2 Å². The molecule has 1 rings (SSSR count). The second kappa shape index (κ2) is 8.28. The minimum atomic E-state index is -0.148. The molecule has 1 atom stereocenters. The summed E-state index contributed by atoms with van der Waals surface area (Å²) in [6.07, 6.45) is 2.77. The predicted molar refractivity (Wildman–Crippen MR) is 77.5 cm³/mol. The molecular weight excluding hydrogens is 222 g/mol. The molecule has 0 aliphatic heterocycles. The number of aliphatic hydroxyl groups is 1. The summed E-state index contributed by atoms with van der Waals surface area (Å²) in [6, 6.07) is 10.5. The van der Waals surface area contributed by atoms with Gasteiger partial charge in [-0.2, -0.15) is 0 Å². The highest BCUT2D eigenvalue weighted by atomic mass is 16.3. The molecule has 0 heterocycles. The molecule has 102 valence electrons. The van der Waals surface area contributed by atoms with E-state index in [2.05, 4.69) is 50.1 Å². The van der Waals surface area contributed by atoms with Gasteiger partial charge in [0.25, 0.3) is 0 Å². The maximum atomic E-state index is 9.89. The van der Waals surface area contributed by atoms with Crippen molar-refractivity contribution in [1.29, 1.82) is 0 Å². The van der Waals surface area contributed by atoms with Gasteiger partial charge in [-0.15, -0.1) is 0 Å². The molecule has 0 saturated heterocycles. The molecule has 0 saturated carbocycles. The molecule has 2 heteroatoms. The number of rotatable bonds is 8. The van der Waals surface area contributed by atoms with Crippen molar-refractivity contribution in [3.8, 4) is 0 Å². The molecule has 0 aromatic heterocycles. The molecule has 1 aromatic rings. The molecule has 2 nitrogen and oxygen atoms in total. The minimum Gasteiger partial charge on any atom is -0.393 e. The van der Waals surface area contributed by atoms with Crippen LogP contribution in [0.1, 0.15) is 38.7 Å². The van der Waals surface area contributed by atoms with E-state index in [4.69, 9.17) is 0 Å². The first-order valence-corrected chi connectivity index (χ1v) is 6.98. The molecule has 0 fully saturated rings. The number of hydrogen-bond acceptors (Lipinski definition) is 2. The smallest absolute Gasteiger partial charge is 0.0552 e. The Bertz CT molecular complexity index is 310. The van der Waals surface area contributed by atoms with Gasteiger partial charge in [0.2, 0.25) is 0 Å². The molecule has 1 aromatic carbocycles. The highest BCUT2D eigenvalue weighted by Gasteiger charge is 2.07. The summed E-state index contributed by atoms with van der Waals surface area (Å²) in [4.78, 5) is 2.27. The van der Waals surface area contributed by atoms with Crippen molar-refractivity contribution in [3.63, 3.8) is 0 Å². The zero-order valence-electron chi connectivity index (χ0n) is 12.0. The van der Waals surface area contributed by atoms with E-state index in [9.17, 15) is 5.11 Å². The molecule has 18 heavy (non-hydrogen) atoms. The molecule has 0 spiro atoms. The van der Waals surface area contributed by atoms with Crippen LogP contribution in [0.2, 0.25) is 0 Å². The Kier molecular flexibility index (Phi) is 6.99. The van der Waals surface area contributed by atoms with E-state index in [-0.39, 0.29) is 6.10 Å². The quantitative estimate of drug-likeness (QED) is 0.764. The van der Waals surface area contributed by atoms with Gasteiger partial charge in [0.05, 0.1) is 6.10 Å². The molecule has 0 aliphatic carbocycles. The third-order valence-corrected chi connectivity index (χ3v) is 3.22. The normalized spacial score (nSPS) is 13.2. The molecule has 0 unspecified atom stereocenters. The summed E-state index contributed by atoms with van der Waals surface area (Å²) >= 11 is 0. The number of hydrogen-bond donors (Lipinski definition) is 1. The summed E-state index contributed by atoms with van der Waals surface area (Å²) in [5.74, 6) is 0.682. The van der Waals surface area contributed by atoms with Crippen LogP contribution in [-0.2, 0) is 6.54 Å². The van der Waals surface area contributed by atoms with Gasteiger partial charge < -0.3 is 10.0 Å². The SMILES string of the molecule is CC(C)CC[C@@H](O)CCN(C)Cc1ccccc1. The van der Waals surface area contributed by atoms with Crippen LogP contribution in [-0.4, -0.2) is 29.7 Å². The summed E-state index contributed by atoms with van der Waals surface area (Å²) in [6.45, 7) is 6.31. The first-order chi connectivity index (χ1) is 8.58. The Morgan fingerprint density at radius 2 is 1.72 bits per heavy atom. The Labute approximate surface area is 112 Å².